The molecule has 1 aromatic heterocycles. The molecule has 2 aliphatic carbocycles. The largest absolute Gasteiger partial charge is 0.495 e. The van der Waals surface area contributed by atoms with Crippen molar-refractivity contribution in [2.45, 2.75) is 12.5 Å². The number of hydrogen-bond acceptors (Lipinski definition) is 3. The van der Waals surface area contributed by atoms with E-state index in [1.807, 2.05) is 6.08 Å². The van der Waals surface area contributed by atoms with Crippen molar-refractivity contribution < 1.29 is 4.74 Å². The van der Waals surface area contributed by atoms with E-state index in [4.69, 9.17) is 4.74 Å². The molecule has 1 aliphatic heterocycles. The van der Waals surface area contributed by atoms with Crippen LogP contribution in [0.3, 0.4) is 0 Å². The lowest BCUT2D eigenvalue weighted by Crippen LogP contribution is -2.27. The highest BCUT2D eigenvalue weighted by atomic mass is 16.5. The normalized spacial score (nSPS) is 19.2. The molecule has 5 rings (SSSR count). The number of anilines is 1. The maximum absolute atomic E-state index is 10.0. The minimum atomic E-state index is 0.159. The number of methoxy groups -OCH3 is 1. The van der Waals surface area contributed by atoms with Crippen LogP contribution in [0.15, 0.2) is 36.5 Å². The summed E-state index contributed by atoms with van der Waals surface area (Å²) >= 11 is 0. The monoisotopic (exact) mass is 341 g/mol. The van der Waals surface area contributed by atoms with E-state index in [1.54, 1.807) is 7.11 Å². The SMILES string of the molecule is COc1c(C#N)c2c(c3c1c1c(n3C)=CC=CC1)N(C)C1C=CC=CC=21. The predicted octanol–water partition coefficient (Wildman–Crippen LogP) is 2.05. The fraction of sp³-hybridized carbons (Fsp3) is 0.227. The molecule has 26 heavy (non-hydrogen) atoms. The molecule has 0 saturated heterocycles. The molecule has 128 valence electrons. The molecule has 0 saturated carbocycles. The number of rotatable bonds is 1. The Hall–Kier alpha value is -3.19. The van der Waals surface area contributed by atoms with Crippen LogP contribution in [0.1, 0.15) is 11.1 Å². The molecule has 0 bridgehead atoms. The van der Waals surface area contributed by atoms with Crippen LogP contribution in [0.4, 0.5) is 5.69 Å². The molecule has 2 aromatic rings. The average molecular weight is 341 g/mol. The van der Waals surface area contributed by atoms with Crippen molar-refractivity contribution in [1.29, 1.82) is 5.26 Å². The summed E-state index contributed by atoms with van der Waals surface area (Å²) in [5.74, 6) is 0.700. The molecular formula is C22H19N3O. The number of nitriles is 1. The lowest BCUT2D eigenvalue weighted by molar-refractivity contribution is 0.418. The van der Waals surface area contributed by atoms with Gasteiger partial charge in [0.15, 0.2) is 0 Å². The van der Waals surface area contributed by atoms with Gasteiger partial charge in [-0.1, -0.05) is 36.5 Å². The molecule has 0 fully saturated rings. The van der Waals surface area contributed by atoms with Crippen molar-refractivity contribution >= 4 is 28.2 Å². The summed E-state index contributed by atoms with van der Waals surface area (Å²) in [6.07, 6.45) is 15.7. The zero-order valence-electron chi connectivity index (χ0n) is 15.1. The topological polar surface area (TPSA) is 41.2 Å². The number of likely N-dealkylation sites (N-methyl/N-ethyl adjacent to an activating group) is 1. The van der Waals surface area contributed by atoms with Crippen molar-refractivity contribution in [2.24, 2.45) is 7.05 Å². The van der Waals surface area contributed by atoms with Gasteiger partial charge in [0.2, 0.25) is 0 Å². The standard InChI is InChI=1S/C22H19N3O/c1-24-16-10-6-4-8-13(16)18-15(12-23)22(26-3)19-14-9-5-7-11-17(14)25(2)21(19)20(18)24/h4-8,10-11,16H,9H2,1-3H3. The fourth-order valence-electron chi connectivity index (χ4n) is 4.70. The highest BCUT2D eigenvalue weighted by molar-refractivity contribution is 6.05. The van der Waals surface area contributed by atoms with Crippen LogP contribution < -0.4 is 20.2 Å². The lowest BCUT2D eigenvalue weighted by Gasteiger charge is -2.24. The summed E-state index contributed by atoms with van der Waals surface area (Å²) in [7, 11) is 5.89. The molecule has 4 nitrogen and oxygen atoms in total. The highest BCUT2D eigenvalue weighted by Gasteiger charge is 2.34. The minimum Gasteiger partial charge on any atom is -0.495 e. The quantitative estimate of drug-likeness (QED) is 0.797. The number of fused-ring (bicyclic) bond motifs is 6. The third-order valence-corrected chi connectivity index (χ3v) is 5.80. The van der Waals surface area contributed by atoms with Gasteiger partial charge in [-0.3, -0.25) is 0 Å². The van der Waals surface area contributed by atoms with Gasteiger partial charge >= 0.3 is 0 Å². The number of ether oxygens (including phenoxy) is 1. The van der Waals surface area contributed by atoms with Gasteiger partial charge in [0, 0.05) is 30.0 Å². The second-order valence-corrected chi connectivity index (χ2v) is 6.94. The van der Waals surface area contributed by atoms with Crippen LogP contribution in [-0.4, -0.2) is 24.8 Å². The summed E-state index contributed by atoms with van der Waals surface area (Å²) in [5.41, 5.74) is 5.32. The van der Waals surface area contributed by atoms with Crippen LogP contribution in [0, 0.1) is 11.3 Å². The van der Waals surface area contributed by atoms with Gasteiger partial charge in [0.1, 0.15) is 17.4 Å². The van der Waals surface area contributed by atoms with Gasteiger partial charge in [0.25, 0.3) is 0 Å². The average Bonchev–Trinajstić information content (AvgIpc) is 3.14. The molecular weight excluding hydrogens is 322 g/mol. The fourth-order valence-corrected chi connectivity index (χ4v) is 4.70. The van der Waals surface area contributed by atoms with E-state index in [-0.39, 0.29) is 6.04 Å². The third-order valence-electron chi connectivity index (χ3n) is 5.80. The molecule has 1 atom stereocenters. The van der Waals surface area contributed by atoms with Gasteiger partial charge < -0.3 is 14.2 Å². The zero-order valence-corrected chi connectivity index (χ0v) is 15.1. The number of hydrogen-bond donors (Lipinski definition) is 0. The Morgan fingerprint density at radius 3 is 2.85 bits per heavy atom. The van der Waals surface area contributed by atoms with Gasteiger partial charge in [-0.15, -0.1) is 0 Å². The Labute approximate surface area is 151 Å². The molecule has 4 heteroatoms. The van der Waals surface area contributed by atoms with Gasteiger partial charge in [0.05, 0.1) is 24.4 Å². The Kier molecular flexibility index (Phi) is 2.99. The van der Waals surface area contributed by atoms with Crippen molar-refractivity contribution in [3.05, 3.63) is 58.2 Å². The molecule has 0 amide bonds. The summed E-state index contributed by atoms with van der Waals surface area (Å²) < 4.78 is 8.07. The second-order valence-electron chi connectivity index (χ2n) is 6.94. The Morgan fingerprint density at radius 1 is 1.23 bits per heavy atom. The van der Waals surface area contributed by atoms with Crippen molar-refractivity contribution in [3.63, 3.8) is 0 Å². The van der Waals surface area contributed by atoms with E-state index in [0.717, 1.165) is 28.2 Å². The van der Waals surface area contributed by atoms with Crippen LogP contribution in [0.5, 0.6) is 5.75 Å². The number of benzene rings is 1. The van der Waals surface area contributed by atoms with Crippen LogP contribution in [0.2, 0.25) is 0 Å². The van der Waals surface area contributed by atoms with Crippen LogP contribution in [0.25, 0.3) is 22.6 Å². The first-order valence-electron chi connectivity index (χ1n) is 8.79. The zero-order chi connectivity index (χ0) is 18.0. The molecule has 0 N–H and O–H groups in total. The summed E-state index contributed by atoms with van der Waals surface area (Å²) in [5, 5.41) is 13.3. The van der Waals surface area contributed by atoms with E-state index in [9.17, 15) is 5.26 Å². The van der Waals surface area contributed by atoms with Crippen LogP contribution in [-0.2, 0) is 13.5 Å². The van der Waals surface area contributed by atoms with Gasteiger partial charge in [-0.05, 0) is 23.6 Å². The van der Waals surface area contributed by atoms with Gasteiger partial charge in [-0.2, -0.15) is 5.26 Å². The first-order chi connectivity index (χ1) is 12.7. The minimum absolute atomic E-state index is 0.159. The first-order valence-corrected chi connectivity index (χ1v) is 8.79. The summed E-state index contributed by atoms with van der Waals surface area (Å²) in [6, 6.07) is 2.60. The highest BCUT2D eigenvalue weighted by Crippen LogP contribution is 2.40. The Bertz CT molecular complexity index is 1230. The van der Waals surface area contributed by atoms with Crippen molar-refractivity contribution in [2.75, 3.05) is 19.1 Å². The molecule has 2 heterocycles. The molecule has 3 aliphatic rings. The van der Waals surface area contributed by atoms with E-state index in [2.05, 4.69) is 66.1 Å². The van der Waals surface area contributed by atoms with Crippen molar-refractivity contribution in [1.82, 2.24) is 4.57 Å². The Morgan fingerprint density at radius 2 is 2.08 bits per heavy atom. The van der Waals surface area contributed by atoms with E-state index in [0.29, 0.717) is 11.3 Å². The summed E-state index contributed by atoms with van der Waals surface area (Å²) in [6.45, 7) is 0. The Balaban J connectivity index is 2.10. The third kappa shape index (κ3) is 1.63. The van der Waals surface area contributed by atoms with E-state index in [1.165, 1.54) is 16.5 Å². The maximum atomic E-state index is 10.0. The van der Waals surface area contributed by atoms with E-state index >= 15 is 0 Å². The smallest absolute Gasteiger partial charge is 0.147 e. The summed E-state index contributed by atoms with van der Waals surface area (Å²) in [4.78, 5) is 2.28. The second kappa shape index (κ2) is 5.15. The first kappa shape index (κ1) is 15.1. The van der Waals surface area contributed by atoms with Crippen molar-refractivity contribution in [3.8, 4) is 11.8 Å². The van der Waals surface area contributed by atoms with Crippen LogP contribution >= 0.6 is 0 Å². The predicted molar refractivity (Wildman–Crippen MR) is 105 cm³/mol. The van der Waals surface area contributed by atoms with E-state index < -0.39 is 0 Å². The molecule has 1 unspecified atom stereocenters. The maximum Gasteiger partial charge on any atom is 0.147 e. The van der Waals surface area contributed by atoms with Gasteiger partial charge in [-0.25, -0.2) is 0 Å². The molecule has 0 spiro atoms. The number of aromatic nitrogens is 1. The lowest BCUT2D eigenvalue weighted by atomic mass is 9.97. The number of allylic oxidation sites excluding steroid dienone is 4. The number of aryl methyl sites for hydroxylation is 1. The molecule has 1 aromatic carbocycles. The number of nitrogens with zero attached hydrogens (tertiary/aromatic N) is 3. The molecule has 0 radical (unpaired) electrons.